The van der Waals surface area contributed by atoms with Gasteiger partial charge >= 0.3 is 0 Å². The molecule has 0 radical (unpaired) electrons. The summed E-state index contributed by atoms with van der Waals surface area (Å²) in [6, 6.07) is 11.8. The molecule has 0 spiro atoms. The molecule has 4 rings (SSSR count). The standard InChI is InChI=1S/C12H14F2N2O2.C11H12N2O/c1-18-12-10(13)6-9(7-11(12)14)16-4-2-15(8-17)3-5-16;1-2-12-9-4-5-10-8(7-9)3-6-11(14)13-10/h6-8H,2-5H2,1H3;3-7,12H,2H2,1H3,(H,13,14). The molecule has 7 nitrogen and oxygen atoms in total. The minimum absolute atomic E-state index is 0.0614. The zero-order chi connectivity index (χ0) is 23.1. The number of carbonyl (C=O) groups is 1. The Hall–Kier alpha value is -3.62. The Kier molecular flexibility index (Phi) is 7.64. The number of nitrogens with one attached hydrogen (secondary N) is 2. The summed E-state index contributed by atoms with van der Waals surface area (Å²) in [6.07, 6.45) is 0.784. The third kappa shape index (κ3) is 5.54. The van der Waals surface area contributed by atoms with E-state index in [2.05, 4.69) is 22.0 Å². The van der Waals surface area contributed by atoms with Gasteiger partial charge in [0.05, 0.1) is 7.11 Å². The number of amides is 1. The Morgan fingerprint density at radius 2 is 1.75 bits per heavy atom. The molecule has 0 aliphatic carbocycles. The van der Waals surface area contributed by atoms with Gasteiger partial charge in [-0.3, -0.25) is 9.59 Å². The molecule has 0 unspecified atom stereocenters. The van der Waals surface area contributed by atoms with Crippen LogP contribution in [0.4, 0.5) is 20.2 Å². The lowest BCUT2D eigenvalue weighted by molar-refractivity contribution is -0.118. The lowest BCUT2D eigenvalue weighted by Crippen LogP contribution is -2.45. The maximum atomic E-state index is 13.6. The molecule has 1 aliphatic rings. The Balaban J connectivity index is 0.000000186. The fraction of sp³-hybridized carbons (Fsp3) is 0.304. The monoisotopic (exact) mass is 444 g/mol. The summed E-state index contributed by atoms with van der Waals surface area (Å²) in [5, 5.41) is 4.27. The lowest BCUT2D eigenvalue weighted by Gasteiger charge is -2.34. The zero-order valence-corrected chi connectivity index (χ0v) is 18.0. The first-order valence-electron chi connectivity index (χ1n) is 10.3. The molecule has 1 aromatic heterocycles. The van der Waals surface area contributed by atoms with Crippen LogP contribution in [0.5, 0.6) is 5.75 Å². The topological polar surface area (TPSA) is 77.7 Å². The van der Waals surface area contributed by atoms with E-state index in [9.17, 15) is 18.4 Å². The van der Waals surface area contributed by atoms with Crippen molar-refractivity contribution in [3.63, 3.8) is 0 Å². The van der Waals surface area contributed by atoms with E-state index in [1.165, 1.54) is 25.3 Å². The van der Waals surface area contributed by atoms with Gasteiger partial charge in [0, 0.05) is 73.2 Å². The van der Waals surface area contributed by atoms with Crippen molar-refractivity contribution in [2.75, 3.05) is 50.1 Å². The second-order valence-corrected chi connectivity index (χ2v) is 7.23. The van der Waals surface area contributed by atoms with Crippen LogP contribution in [-0.4, -0.2) is 56.1 Å². The van der Waals surface area contributed by atoms with Crippen LogP contribution in [0.25, 0.3) is 10.9 Å². The number of aromatic nitrogens is 1. The second kappa shape index (κ2) is 10.6. The fourth-order valence-electron chi connectivity index (χ4n) is 3.48. The van der Waals surface area contributed by atoms with Crippen LogP contribution < -0.4 is 20.5 Å². The van der Waals surface area contributed by atoms with Gasteiger partial charge in [0.2, 0.25) is 12.0 Å². The molecule has 0 atom stereocenters. The first-order valence-corrected chi connectivity index (χ1v) is 10.3. The SMILES string of the molecule is CCNc1ccc2[nH]c(=O)ccc2c1.COc1c(F)cc(N2CCN(C=O)CC2)cc1F. The van der Waals surface area contributed by atoms with Gasteiger partial charge in [0.1, 0.15) is 0 Å². The van der Waals surface area contributed by atoms with Crippen molar-refractivity contribution < 1.29 is 18.3 Å². The molecular weight excluding hydrogens is 418 g/mol. The maximum absolute atomic E-state index is 13.6. The van der Waals surface area contributed by atoms with E-state index in [4.69, 9.17) is 0 Å². The Labute approximate surface area is 184 Å². The summed E-state index contributed by atoms with van der Waals surface area (Å²) in [6.45, 7) is 5.18. The van der Waals surface area contributed by atoms with Crippen LogP contribution in [0.1, 0.15) is 6.92 Å². The van der Waals surface area contributed by atoms with E-state index >= 15 is 0 Å². The van der Waals surface area contributed by atoms with E-state index in [0.717, 1.165) is 29.5 Å². The largest absolute Gasteiger partial charge is 0.491 e. The number of rotatable bonds is 5. The molecule has 1 aliphatic heterocycles. The summed E-state index contributed by atoms with van der Waals surface area (Å²) in [5.41, 5.74) is 2.36. The predicted molar refractivity (Wildman–Crippen MR) is 121 cm³/mol. The second-order valence-electron chi connectivity index (χ2n) is 7.23. The van der Waals surface area contributed by atoms with Gasteiger partial charge < -0.3 is 24.8 Å². The van der Waals surface area contributed by atoms with Crippen molar-refractivity contribution in [3.8, 4) is 5.75 Å². The number of anilines is 2. The highest BCUT2D eigenvalue weighted by Gasteiger charge is 2.19. The normalized spacial score (nSPS) is 13.4. The van der Waals surface area contributed by atoms with Crippen molar-refractivity contribution in [1.29, 1.82) is 0 Å². The van der Waals surface area contributed by atoms with E-state index in [0.29, 0.717) is 31.9 Å². The molecule has 1 fully saturated rings. The highest BCUT2D eigenvalue weighted by Crippen LogP contribution is 2.28. The summed E-state index contributed by atoms with van der Waals surface area (Å²) < 4.78 is 31.7. The molecule has 3 aromatic rings. The van der Waals surface area contributed by atoms with Crippen molar-refractivity contribution in [3.05, 3.63) is 64.5 Å². The third-order valence-electron chi connectivity index (χ3n) is 5.12. The van der Waals surface area contributed by atoms with E-state index in [-0.39, 0.29) is 11.3 Å². The van der Waals surface area contributed by atoms with Gasteiger partial charge in [-0.25, -0.2) is 8.78 Å². The first kappa shape index (κ1) is 23.1. The maximum Gasteiger partial charge on any atom is 0.248 e. The molecule has 0 bridgehead atoms. The number of benzene rings is 2. The van der Waals surface area contributed by atoms with Crippen molar-refractivity contribution in [2.24, 2.45) is 0 Å². The fourth-order valence-corrected chi connectivity index (χ4v) is 3.48. The van der Waals surface area contributed by atoms with Crippen molar-refractivity contribution in [1.82, 2.24) is 9.88 Å². The molecular formula is C23H26F2N4O3. The molecule has 2 heterocycles. The van der Waals surface area contributed by atoms with Crippen molar-refractivity contribution in [2.45, 2.75) is 6.92 Å². The molecule has 32 heavy (non-hydrogen) atoms. The highest BCUT2D eigenvalue weighted by atomic mass is 19.1. The molecule has 2 aromatic carbocycles. The van der Waals surface area contributed by atoms with Crippen LogP contribution in [0.2, 0.25) is 0 Å². The van der Waals surface area contributed by atoms with Crippen LogP contribution in [0.3, 0.4) is 0 Å². The average Bonchev–Trinajstić information content (AvgIpc) is 2.80. The number of piperazine rings is 1. The molecule has 9 heteroatoms. The molecule has 2 N–H and O–H groups in total. The number of hydrogen-bond acceptors (Lipinski definition) is 5. The smallest absolute Gasteiger partial charge is 0.248 e. The first-order chi connectivity index (χ1) is 15.4. The van der Waals surface area contributed by atoms with E-state index < -0.39 is 11.6 Å². The third-order valence-corrected chi connectivity index (χ3v) is 5.12. The Bertz CT molecular complexity index is 1100. The number of hydrogen-bond donors (Lipinski definition) is 2. The predicted octanol–water partition coefficient (Wildman–Crippen LogP) is 3.21. The quantitative estimate of drug-likeness (QED) is 0.591. The summed E-state index contributed by atoms with van der Waals surface area (Å²) in [5.74, 6) is -1.80. The Morgan fingerprint density at radius 1 is 1.06 bits per heavy atom. The highest BCUT2D eigenvalue weighted by molar-refractivity contribution is 5.82. The van der Waals surface area contributed by atoms with Gasteiger partial charge in [-0.2, -0.15) is 0 Å². The minimum atomic E-state index is -0.717. The van der Waals surface area contributed by atoms with Gasteiger partial charge in [0.15, 0.2) is 17.4 Å². The van der Waals surface area contributed by atoms with Gasteiger partial charge in [-0.05, 0) is 31.2 Å². The number of H-pyrrole nitrogens is 1. The van der Waals surface area contributed by atoms with E-state index in [1.54, 1.807) is 4.90 Å². The average molecular weight is 444 g/mol. The molecule has 170 valence electrons. The van der Waals surface area contributed by atoms with Crippen molar-refractivity contribution >= 4 is 28.7 Å². The van der Waals surface area contributed by atoms with Gasteiger partial charge in [-0.1, -0.05) is 0 Å². The lowest BCUT2D eigenvalue weighted by atomic mass is 10.2. The van der Waals surface area contributed by atoms with Gasteiger partial charge in [0.25, 0.3) is 0 Å². The number of halogens is 2. The van der Waals surface area contributed by atoms with Crippen LogP contribution in [-0.2, 0) is 4.79 Å². The number of carbonyl (C=O) groups excluding carboxylic acids is 1. The van der Waals surface area contributed by atoms with Crippen LogP contribution in [0, 0.1) is 11.6 Å². The van der Waals surface area contributed by atoms with E-state index in [1.807, 2.05) is 29.2 Å². The Morgan fingerprint density at radius 3 is 2.34 bits per heavy atom. The molecule has 1 saturated heterocycles. The number of methoxy groups -OCH3 is 1. The number of pyridine rings is 1. The number of nitrogens with zero attached hydrogens (tertiary/aromatic N) is 2. The number of aromatic amines is 1. The number of ether oxygens (including phenoxy) is 1. The molecule has 1 amide bonds. The minimum Gasteiger partial charge on any atom is -0.491 e. The number of fused-ring (bicyclic) bond motifs is 1. The van der Waals surface area contributed by atoms with Crippen LogP contribution in [0.15, 0.2) is 47.3 Å². The van der Waals surface area contributed by atoms with Crippen LogP contribution >= 0.6 is 0 Å². The van der Waals surface area contributed by atoms with Gasteiger partial charge in [-0.15, -0.1) is 0 Å². The summed E-state index contributed by atoms with van der Waals surface area (Å²) >= 11 is 0. The zero-order valence-electron chi connectivity index (χ0n) is 18.0. The summed E-state index contributed by atoms with van der Waals surface area (Å²) in [4.78, 5) is 27.8. The summed E-state index contributed by atoms with van der Waals surface area (Å²) in [7, 11) is 1.23. The molecule has 0 saturated carbocycles.